The SMILES string of the molecule is CC(C)S(=O)(=O)N1CCN(c2cnn(-c3cccc(Cl)c3)c(=O)c2Oc2ccccc2)CC1. The Morgan fingerprint density at radius 1 is 1.00 bits per heavy atom. The Labute approximate surface area is 198 Å². The van der Waals surface area contributed by atoms with Crippen molar-refractivity contribution >= 4 is 27.3 Å². The highest BCUT2D eigenvalue weighted by Gasteiger charge is 2.31. The summed E-state index contributed by atoms with van der Waals surface area (Å²) in [5.74, 6) is 0.636. The molecular weight excluding hydrogens is 464 g/mol. The third kappa shape index (κ3) is 4.90. The maximum Gasteiger partial charge on any atom is 0.316 e. The number of benzene rings is 2. The molecule has 0 saturated carbocycles. The summed E-state index contributed by atoms with van der Waals surface area (Å²) in [4.78, 5) is 15.4. The van der Waals surface area contributed by atoms with E-state index in [1.165, 1.54) is 8.99 Å². The molecular formula is C23H25ClN4O4S. The molecule has 0 aliphatic carbocycles. The molecule has 10 heteroatoms. The van der Waals surface area contributed by atoms with Gasteiger partial charge in [-0.25, -0.2) is 8.42 Å². The third-order valence-electron chi connectivity index (χ3n) is 5.47. The largest absolute Gasteiger partial charge is 0.449 e. The van der Waals surface area contributed by atoms with Crippen LogP contribution in [-0.2, 0) is 10.0 Å². The molecule has 2 aromatic carbocycles. The van der Waals surface area contributed by atoms with Crippen molar-refractivity contribution in [2.75, 3.05) is 31.1 Å². The number of piperazine rings is 1. The van der Waals surface area contributed by atoms with Crippen LogP contribution in [-0.4, -0.2) is 53.9 Å². The summed E-state index contributed by atoms with van der Waals surface area (Å²) in [5.41, 5.74) is 0.601. The van der Waals surface area contributed by atoms with Gasteiger partial charge in [-0.3, -0.25) is 4.79 Å². The van der Waals surface area contributed by atoms with E-state index >= 15 is 0 Å². The van der Waals surface area contributed by atoms with Crippen molar-refractivity contribution in [1.82, 2.24) is 14.1 Å². The first-order chi connectivity index (χ1) is 15.8. The van der Waals surface area contributed by atoms with Crippen LogP contribution in [0.1, 0.15) is 13.8 Å². The van der Waals surface area contributed by atoms with E-state index in [2.05, 4.69) is 5.10 Å². The van der Waals surface area contributed by atoms with Crippen LogP contribution in [0.4, 0.5) is 5.69 Å². The number of ether oxygens (including phenoxy) is 1. The third-order valence-corrected chi connectivity index (χ3v) is 7.98. The lowest BCUT2D eigenvalue weighted by Gasteiger charge is -2.36. The van der Waals surface area contributed by atoms with Gasteiger partial charge >= 0.3 is 5.56 Å². The number of para-hydroxylation sites is 1. The second kappa shape index (κ2) is 9.54. The number of sulfonamides is 1. The van der Waals surface area contributed by atoms with Gasteiger partial charge in [-0.2, -0.15) is 14.1 Å². The molecule has 4 rings (SSSR count). The molecule has 1 saturated heterocycles. The molecule has 0 unspecified atom stereocenters. The van der Waals surface area contributed by atoms with Crippen LogP contribution in [0.25, 0.3) is 5.69 Å². The first kappa shape index (κ1) is 23.3. The van der Waals surface area contributed by atoms with Gasteiger partial charge < -0.3 is 9.64 Å². The lowest BCUT2D eigenvalue weighted by Crippen LogP contribution is -2.50. The number of nitrogens with zero attached hydrogens (tertiary/aromatic N) is 4. The molecule has 1 aromatic heterocycles. The molecule has 33 heavy (non-hydrogen) atoms. The molecule has 2 heterocycles. The van der Waals surface area contributed by atoms with E-state index in [0.29, 0.717) is 48.3 Å². The van der Waals surface area contributed by atoms with Gasteiger partial charge in [-0.15, -0.1) is 0 Å². The lowest BCUT2D eigenvalue weighted by molar-refractivity contribution is 0.378. The maximum absolute atomic E-state index is 13.5. The Morgan fingerprint density at radius 2 is 1.70 bits per heavy atom. The van der Waals surface area contributed by atoms with Gasteiger partial charge in [-0.1, -0.05) is 35.9 Å². The first-order valence-corrected chi connectivity index (χ1v) is 12.5. The second-order valence-corrected chi connectivity index (χ2v) is 10.9. The van der Waals surface area contributed by atoms with E-state index in [-0.39, 0.29) is 5.75 Å². The van der Waals surface area contributed by atoms with E-state index in [1.807, 2.05) is 23.1 Å². The average molecular weight is 489 g/mol. The monoisotopic (exact) mass is 488 g/mol. The molecule has 1 aliphatic heterocycles. The molecule has 0 spiro atoms. The van der Waals surface area contributed by atoms with Crippen LogP contribution in [0, 0.1) is 0 Å². The Kier molecular flexibility index (Phi) is 6.73. The van der Waals surface area contributed by atoms with Crippen molar-refractivity contribution in [3.05, 3.63) is 76.2 Å². The number of aromatic nitrogens is 2. The quantitative estimate of drug-likeness (QED) is 0.527. The van der Waals surface area contributed by atoms with E-state index in [4.69, 9.17) is 16.3 Å². The van der Waals surface area contributed by atoms with Crippen molar-refractivity contribution < 1.29 is 13.2 Å². The molecule has 0 amide bonds. The Bertz CT molecular complexity index is 1290. The highest BCUT2D eigenvalue weighted by Crippen LogP contribution is 2.30. The molecule has 0 atom stereocenters. The fourth-order valence-corrected chi connectivity index (χ4v) is 5.08. The Balaban J connectivity index is 1.71. The molecule has 1 aliphatic rings. The summed E-state index contributed by atoms with van der Waals surface area (Å²) in [6.07, 6.45) is 1.58. The first-order valence-electron chi connectivity index (χ1n) is 10.6. The molecule has 0 radical (unpaired) electrons. The van der Waals surface area contributed by atoms with Crippen LogP contribution in [0.15, 0.2) is 65.6 Å². The zero-order valence-corrected chi connectivity index (χ0v) is 20.0. The normalized spacial score (nSPS) is 15.1. The van der Waals surface area contributed by atoms with Crippen LogP contribution in [0.5, 0.6) is 11.5 Å². The van der Waals surface area contributed by atoms with Gasteiger partial charge in [0.25, 0.3) is 0 Å². The highest BCUT2D eigenvalue weighted by atomic mass is 35.5. The zero-order chi connectivity index (χ0) is 23.6. The molecule has 0 N–H and O–H groups in total. The molecule has 8 nitrogen and oxygen atoms in total. The highest BCUT2D eigenvalue weighted by molar-refractivity contribution is 7.89. The van der Waals surface area contributed by atoms with Crippen LogP contribution in [0.2, 0.25) is 5.02 Å². The summed E-state index contributed by atoms with van der Waals surface area (Å²) in [6, 6.07) is 15.9. The molecule has 1 fully saturated rings. The van der Waals surface area contributed by atoms with Gasteiger partial charge in [-0.05, 0) is 44.2 Å². The summed E-state index contributed by atoms with van der Waals surface area (Å²) in [7, 11) is -3.34. The van der Waals surface area contributed by atoms with Gasteiger partial charge in [0.15, 0.2) is 0 Å². The fraction of sp³-hybridized carbons (Fsp3) is 0.304. The summed E-state index contributed by atoms with van der Waals surface area (Å²) >= 11 is 6.11. The van der Waals surface area contributed by atoms with Crippen molar-refractivity contribution in [2.24, 2.45) is 0 Å². The fourth-order valence-electron chi connectivity index (χ4n) is 3.63. The zero-order valence-electron chi connectivity index (χ0n) is 18.4. The minimum absolute atomic E-state index is 0.122. The predicted molar refractivity (Wildman–Crippen MR) is 129 cm³/mol. The second-order valence-electron chi connectivity index (χ2n) is 7.95. The van der Waals surface area contributed by atoms with Crippen LogP contribution >= 0.6 is 11.6 Å². The van der Waals surface area contributed by atoms with E-state index in [9.17, 15) is 13.2 Å². The lowest BCUT2D eigenvalue weighted by atomic mass is 10.3. The maximum atomic E-state index is 13.5. The standard InChI is InChI=1S/C23H25ClN4O4S/c1-17(2)33(30,31)27-13-11-26(12-14-27)21-16-25-28(19-8-6-7-18(24)15-19)23(29)22(21)32-20-9-4-3-5-10-20/h3-10,15-17H,11-14H2,1-2H3. The topological polar surface area (TPSA) is 84.7 Å². The molecule has 3 aromatic rings. The summed E-state index contributed by atoms with van der Waals surface area (Å²) in [5, 5.41) is 4.36. The Morgan fingerprint density at radius 3 is 2.33 bits per heavy atom. The number of anilines is 1. The van der Waals surface area contributed by atoms with E-state index in [0.717, 1.165) is 0 Å². The number of hydrogen-bond donors (Lipinski definition) is 0. The van der Waals surface area contributed by atoms with Crippen molar-refractivity contribution in [2.45, 2.75) is 19.1 Å². The number of halogens is 1. The van der Waals surface area contributed by atoms with Crippen LogP contribution < -0.4 is 15.2 Å². The average Bonchev–Trinajstić information content (AvgIpc) is 2.81. The van der Waals surface area contributed by atoms with Crippen molar-refractivity contribution in [3.63, 3.8) is 0 Å². The summed E-state index contributed by atoms with van der Waals surface area (Å²) in [6.45, 7) is 4.82. The van der Waals surface area contributed by atoms with Crippen LogP contribution in [0.3, 0.4) is 0 Å². The predicted octanol–water partition coefficient (Wildman–Crippen LogP) is 3.54. The minimum atomic E-state index is -3.34. The van der Waals surface area contributed by atoms with Gasteiger partial charge in [0, 0.05) is 31.2 Å². The molecule has 174 valence electrons. The molecule has 0 bridgehead atoms. The van der Waals surface area contributed by atoms with Gasteiger partial charge in [0.2, 0.25) is 15.8 Å². The minimum Gasteiger partial charge on any atom is -0.449 e. The van der Waals surface area contributed by atoms with E-state index < -0.39 is 20.8 Å². The van der Waals surface area contributed by atoms with Crippen molar-refractivity contribution in [3.8, 4) is 17.2 Å². The van der Waals surface area contributed by atoms with Gasteiger partial charge in [0.05, 0.1) is 17.1 Å². The Hall–Kier alpha value is -2.88. The van der Waals surface area contributed by atoms with Crippen molar-refractivity contribution in [1.29, 1.82) is 0 Å². The smallest absolute Gasteiger partial charge is 0.316 e. The summed E-state index contributed by atoms with van der Waals surface area (Å²) < 4.78 is 33.8. The van der Waals surface area contributed by atoms with Gasteiger partial charge in [0.1, 0.15) is 11.4 Å². The van der Waals surface area contributed by atoms with E-state index in [1.54, 1.807) is 56.4 Å². The number of hydrogen-bond acceptors (Lipinski definition) is 6. The number of rotatable bonds is 6.